The standard InChI is InChI=1S/C11H16N2OS/c1-8-9(4-3-5-10(8)12)11(14)13-6-7-15-2/h3-5H,6-7,12H2,1-2H3,(H,13,14). The molecule has 1 amide bonds. The van der Waals surface area contributed by atoms with Gasteiger partial charge >= 0.3 is 0 Å². The van der Waals surface area contributed by atoms with Crippen LogP contribution < -0.4 is 11.1 Å². The van der Waals surface area contributed by atoms with E-state index in [0.29, 0.717) is 17.8 Å². The largest absolute Gasteiger partial charge is 0.398 e. The van der Waals surface area contributed by atoms with Gasteiger partial charge in [-0.25, -0.2) is 0 Å². The highest BCUT2D eigenvalue weighted by atomic mass is 32.2. The summed E-state index contributed by atoms with van der Waals surface area (Å²) in [6.07, 6.45) is 2.01. The van der Waals surface area contributed by atoms with Crippen LogP contribution in [0.5, 0.6) is 0 Å². The predicted molar refractivity (Wildman–Crippen MR) is 66.3 cm³/mol. The molecule has 0 aliphatic carbocycles. The second-order valence-electron chi connectivity index (χ2n) is 3.27. The average molecular weight is 224 g/mol. The first-order valence-corrected chi connectivity index (χ1v) is 6.18. The Morgan fingerprint density at radius 3 is 2.93 bits per heavy atom. The van der Waals surface area contributed by atoms with Gasteiger partial charge in [-0.1, -0.05) is 6.07 Å². The molecule has 0 fully saturated rings. The van der Waals surface area contributed by atoms with Crippen LogP contribution in [0, 0.1) is 6.92 Å². The summed E-state index contributed by atoms with van der Waals surface area (Å²) < 4.78 is 0. The van der Waals surface area contributed by atoms with Gasteiger partial charge in [0, 0.05) is 23.5 Å². The lowest BCUT2D eigenvalue weighted by Crippen LogP contribution is -2.26. The van der Waals surface area contributed by atoms with Crippen molar-refractivity contribution in [3.63, 3.8) is 0 Å². The molecule has 3 N–H and O–H groups in total. The lowest BCUT2D eigenvalue weighted by atomic mass is 10.1. The van der Waals surface area contributed by atoms with Crippen molar-refractivity contribution >= 4 is 23.4 Å². The molecule has 0 aliphatic heterocycles. The fraction of sp³-hybridized carbons (Fsp3) is 0.364. The quantitative estimate of drug-likeness (QED) is 0.604. The third-order valence-electron chi connectivity index (χ3n) is 2.21. The number of hydrogen-bond donors (Lipinski definition) is 2. The maximum atomic E-state index is 11.7. The van der Waals surface area contributed by atoms with Crippen LogP contribution in [-0.4, -0.2) is 24.5 Å². The molecule has 0 aromatic heterocycles. The van der Waals surface area contributed by atoms with Crippen molar-refractivity contribution in [3.8, 4) is 0 Å². The highest BCUT2D eigenvalue weighted by Gasteiger charge is 2.09. The van der Waals surface area contributed by atoms with Gasteiger partial charge in [0.05, 0.1) is 0 Å². The summed E-state index contributed by atoms with van der Waals surface area (Å²) in [6, 6.07) is 5.39. The third kappa shape index (κ3) is 3.16. The first-order chi connectivity index (χ1) is 7.16. The fourth-order valence-electron chi connectivity index (χ4n) is 1.26. The Bertz CT molecular complexity index is 352. The molecule has 0 heterocycles. The average Bonchev–Trinajstić information content (AvgIpc) is 2.22. The maximum absolute atomic E-state index is 11.7. The Morgan fingerprint density at radius 1 is 1.53 bits per heavy atom. The van der Waals surface area contributed by atoms with Crippen LogP contribution in [0.15, 0.2) is 18.2 Å². The summed E-state index contributed by atoms with van der Waals surface area (Å²) in [6.45, 7) is 2.55. The minimum atomic E-state index is -0.0474. The molecular formula is C11H16N2OS. The van der Waals surface area contributed by atoms with E-state index in [-0.39, 0.29) is 5.91 Å². The molecule has 4 heteroatoms. The van der Waals surface area contributed by atoms with Crippen LogP contribution in [0.25, 0.3) is 0 Å². The molecule has 82 valence electrons. The number of anilines is 1. The van der Waals surface area contributed by atoms with Gasteiger partial charge in [0.15, 0.2) is 0 Å². The van der Waals surface area contributed by atoms with E-state index < -0.39 is 0 Å². The summed E-state index contributed by atoms with van der Waals surface area (Å²) in [5, 5.41) is 2.85. The van der Waals surface area contributed by atoms with Crippen LogP contribution in [-0.2, 0) is 0 Å². The van der Waals surface area contributed by atoms with Gasteiger partial charge in [0.2, 0.25) is 0 Å². The van der Waals surface area contributed by atoms with E-state index in [1.165, 1.54) is 0 Å². The first kappa shape index (κ1) is 11.9. The zero-order valence-corrected chi connectivity index (χ0v) is 9.86. The summed E-state index contributed by atoms with van der Waals surface area (Å²) in [4.78, 5) is 11.7. The number of carbonyl (C=O) groups is 1. The van der Waals surface area contributed by atoms with Gasteiger partial charge in [-0.05, 0) is 30.9 Å². The van der Waals surface area contributed by atoms with Gasteiger partial charge in [0.25, 0.3) is 5.91 Å². The smallest absolute Gasteiger partial charge is 0.251 e. The molecule has 1 aromatic rings. The topological polar surface area (TPSA) is 55.1 Å². The van der Waals surface area contributed by atoms with Crippen molar-refractivity contribution in [3.05, 3.63) is 29.3 Å². The SMILES string of the molecule is CSCCNC(=O)c1cccc(N)c1C. The highest BCUT2D eigenvalue weighted by molar-refractivity contribution is 7.98. The summed E-state index contributed by atoms with van der Waals surface area (Å²) in [7, 11) is 0. The first-order valence-electron chi connectivity index (χ1n) is 4.79. The molecule has 3 nitrogen and oxygen atoms in total. The lowest BCUT2D eigenvalue weighted by Gasteiger charge is -2.08. The number of amides is 1. The summed E-state index contributed by atoms with van der Waals surface area (Å²) >= 11 is 1.71. The number of nitrogen functional groups attached to an aromatic ring is 1. The molecule has 1 rings (SSSR count). The Morgan fingerprint density at radius 2 is 2.27 bits per heavy atom. The van der Waals surface area contributed by atoms with Gasteiger partial charge in [-0.15, -0.1) is 0 Å². The van der Waals surface area contributed by atoms with Crippen LogP contribution in [0.4, 0.5) is 5.69 Å². The minimum Gasteiger partial charge on any atom is -0.398 e. The van der Waals surface area contributed by atoms with E-state index in [9.17, 15) is 4.79 Å². The number of hydrogen-bond acceptors (Lipinski definition) is 3. The Kier molecular flexibility index (Phi) is 4.49. The summed E-state index contributed by atoms with van der Waals surface area (Å²) in [5.74, 6) is 0.876. The zero-order chi connectivity index (χ0) is 11.3. The predicted octanol–water partition coefficient (Wildman–Crippen LogP) is 1.67. The Hall–Kier alpha value is -1.16. The van der Waals surface area contributed by atoms with Crippen molar-refractivity contribution in [2.24, 2.45) is 0 Å². The van der Waals surface area contributed by atoms with E-state index in [1.807, 2.05) is 13.2 Å². The normalized spacial score (nSPS) is 10.0. The third-order valence-corrected chi connectivity index (χ3v) is 2.82. The highest BCUT2D eigenvalue weighted by Crippen LogP contribution is 2.15. The fourth-order valence-corrected chi connectivity index (χ4v) is 1.57. The van der Waals surface area contributed by atoms with Crippen LogP contribution >= 0.6 is 11.8 Å². The van der Waals surface area contributed by atoms with Gasteiger partial charge in [0.1, 0.15) is 0 Å². The summed E-state index contributed by atoms with van der Waals surface area (Å²) in [5.41, 5.74) is 7.90. The molecule has 0 atom stereocenters. The Balaban J connectivity index is 2.69. The van der Waals surface area contributed by atoms with E-state index >= 15 is 0 Å². The second kappa shape index (κ2) is 5.66. The van der Waals surface area contributed by atoms with E-state index in [1.54, 1.807) is 30.0 Å². The number of benzene rings is 1. The van der Waals surface area contributed by atoms with Gasteiger partial charge < -0.3 is 11.1 Å². The van der Waals surface area contributed by atoms with Crippen molar-refractivity contribution in [1.29, 1.82) is 0 Å². The Labute approximate surface area is 94.4 Å². The van der Waals surface area contributed by atoms with Crippen molar-refractivity contribution in [2.75, 3.05) is 24.3 Å². The number of nitrogens with one attached hydrogen (secondary N) is 1. The number of nitrogens with two attached hydrogens (primary N) is 1. The van der Waals surface area contributed by atoms with Crippen molar-refractivity contribution < 1.29 is 4.79 Å². The molecular weight excluding hydrogens is 208 g/mol. The molecule has 0 spiro atoms. The second-order valence-corrected chi connectivity index (χ2v) is 4.25. The number of carbonyl (C=O) groups excluding carboxylic acids is 1. The zero-order valence-electron chi connectivity index (χ0n) is 9.04. The van der Waals surface area contributed by atoms with Crippen LogP contribution in [0.3, 0.4) is 0 Å². The molecule has 0 saturated heterocycles. The lowest BCUT2D eigenvalue weighted by molar-refractivity contribution is 0.0955. The number of thioether (sulfide) groups is 1. The number of rotatable bonds is 4. The molecule has 0 radical (unpaired) electrons. The van der Waals surface area contributed by atoms with Crippen LogP contribution in [0.1, 0.15) is 15.9 Å². The van der Waals surface area contributed by atoms with Gasteiger partial charge in [-0.3, -0.25) is 4.79 Å². The molecule has 0 aliphatic rings. The molecule has 0 bridgehead atoms. The van der Waals surface area contributed by atoms with Crippen molar-refractivity contribution in [1.82, 2.24) is 5.32 Å². The molecule has 15 heavy (non-hydrogen) atoms. The molecule has 0 saturated carbocycles. The van der Waals surface area contributed by atoms with E-state index in [4.69, 9.17) is 5.73 Å². The molecule has 1 aromatic carbocycles. The van der Waals surface area contributed by atoms with Gasteiger partial charge in [-0.2, -0.15) is 11.8 Å². The minimum absolute atomic E-state index is 0.0474. The molecule has 0 unspecified atom stereocenters. The monoisotopic (exact) mass is 224 g/mol. The van der Waals surface area contributed by atoms with E-state index in [2.05, 4.69) is 5.32 Å². The van der Waals surface area contributed by atoms with E-state index in [0.717, 1.165) is 11.3 Å². The van der Waals surface area contributed by atoms with Crippen molar-refractivity contribution in [2.45, 2.75) is 6.92 Å². The van der Waals surface area contributed by atoms with Crippen LogP contribution in [0.2, 0.25) is 0 Å². The maximum Gasteiger partial charge on any atom is 0.251 e.